The second-order valence-corrected chi connectivity index (χ2v) is 7.06. The highest BCUT2D eigenvalue weighted by atomic mass is 16.3. The Bertz CT molecular complexity index is 1160. The van der Waals surface area contributed by atoms with Gasteiger partial charge in [0.1, 0.15) is 5.65 Å². The summed E-state index contributed by atoms with van der Waals surface area (Å²) in [5.74, 6) is 0.733. The van der Waals surface area contributed by atoms with Crippen molar-refractivity contribution in [3.8, 4) is 22.4 Å². The lowest BCUT2D eigenvalue weighted by atomic mass is 9.97. The van der Waals surface area contributed by atoms with Crippen molar-refractivity contribution >= 4 is 17.4 Å². The summed E-state index contributed by atoms with van der Waals surface area (Å²) >= 11 is 0. The van der Waals surface area contributed by atoms with Crippen LogP contribution in [0.4, 0.5) is 5.82 Å². The Balaban J connectivity index is 1.53. The highest BCUT2D eigenvalue weighted by molar-refractivity contribution is 5.93. The SMILES string of the molecule is O=C(Nc1cn2cc(-c3cc(-c4cc[nH]n4)ccc3CO)ccc2n1)C1CC1. The number of amides is 1. The van der Waals surface area contributed by atoms with Gasteiger partial charge in [0, 0.05) is 23.9 Å². The first-order valence-corrected chi connectivity index (χ1v) is 9.25. The van der Waals surface area contributed by atoms with E-state index in [-0.39, 0.29) is 18.4 Å². The van der Waals surface area contributed by atoms with Gasteiger partial charge < -0.3 is 14.8 Å². The Morgan fingerprint density at radius 3 is 2.79 bits per heavy atom. The molecule has 1 aliphatic rings. The van der Waals surface area contributed by atoms with E-state index in [1.165, 1.54) is 0 Å². The van der Waals surface area contributed by atoms with Gasteiger partial charge in [0.15, 0.2) is 5.82 Å². The van der Waals surface area contributed by atoms with E-state index in [9.17, 15) is 9.90 Å². The fourth-order valence-corrected chi connectivity index (χ4v) is 3.35. The quantitative estimate of drug-likeness (QED) is 0.500. The summed E-state index contributed by atoms with van der Waals surface area (Å²) in [5.41, 5.74) is 5.29. The van der Waals surface area contributed by atoms with Gasteiger partial charge in [-0.05, 0) is 53.8 Å². The molecule has 1 fully saturated rings. The van der Waals surface area contributed by atoms with Crippen LogP contribution in [0.5, 0.6) is 0 Å². The molecule has 0 saturated heterocycles. The van der Waals surface area contributed by atoms with Crippen LogP contribution in [0.2, 0.25) is 0 Å². The lowest BCUT2D eigenvalue weighted by Gasteiger charge is -2.10. The first-order valence-electron chi connectivity index (χ1n) is 9.25. The molecule has 7 nitrogen and oxygen atoms in total. The molecule has 0 radical (unpaired) electrons. The van der Waals surface area contributed by atoms with E-state index in [0.29, 0.717) is 5.82 Å². The number of anilines is 1. The summed E-state index contributed by atoms with van der Waals surface area (Å²) in [6.07, 6.45) is 7.47. The van der Waals surface area contributed by atoms with E-state index in [1.807, 2.05) is 53.2 Å². The van der Waals surface area contributed by atoms with E-state index >= 15 is 0 Å². The van der Waals surface area contributed by atoms with Crippen LogP contribution in [-0.4, -0.2) is 30.6 Å². The maximum atomic E-state index is 12.0. The second kappa shape index (κ2) is 6.61. The number of carbonyl (C=O) groups excluding carboxylic acids is 1. The number of pyridine rings is 1. The lowest BCUT2D eigenvalue weighted by Crippen LogP contribution is -2.13. The minimum absolute atomic E-state index is 0.0397. The molecule has 140 valence electrons. The molecule has 0 spiro atoms. The van der Waals surface area contributed by atoms with Gasteiger partial charge >= 0.3 is 0 Å². The summed E-state index contributed by atoms with van der Waals surface area (Å²) in [7, 11) is 0. The molecule has 4 aromatic rings. The number of hydrogen-bond donors (Lipinski definition) is 3. The molecular formula is C21H19N5O2. The second-order valence-electron chi connectivity index (χ2n) is 7.06. The van der Waals surface area contributed by atoms with Crippen LogP contribution in [0.3, 0.4) is 0 Å². The van der Waals surface area contributed by atoms with Crippen molar-refractivity contribution in [1.82, 2.24) is 19.6 Å². The first-order chi connectivity index (χ1) is 13.7. The highest BCUT2D eigenvalue weighted by Crippen LogP contribution is 2.31. The number of nitrogens with one attached hydrogen (secondary N) is 2. The van der Waals surface area contributed by atoms with Crippen molar-refractivity contribution in [3.63, 3.8) is 0 Å². The Kier molecular flexibility index (Phi) is 3.95. The zero-order chi connectivity index (χ0) is 19.1. The van der Waals surface area contributed by atoms with Crippen LogP contribution >= 0.6 is 0 Å². The van der Waals surface area contributed by atoms with E-state index in [1.54, 1.807) is 6.20 Å². The molecule has 3 heterocycles. The van der Waals surface area contributed by atoms with Crippen molar-refractivity contribution < 1.29 is 9.90 Å². The molecule has 0 atom stereocenters. The number of aliphatic hydroxyl groups is 1. The molecule has 1 saturated carbocycles. The Morgan fingerprint density at radius 2 is 2.04 bits per heavy atom. The van der Waals surface area contributed by atoms with Crippen molar-refractivity contribution in [2.45, 2.75) is 19.4 Å². The minimum atomic E-state index is -0.0547. The Labute approximate surface area is 161 Å². The van der Waals surface area contributed by atoms with Crippen LogP contribution in [-0.2, 0) is 11.4 Å². The summed E-state index contributed by atoms with van der Waals surface area (Å²) in [5, 5.41) is 19.7. The van der Waals surface area contributed by atoms with Crippen LogP contribution in [0.25, 0.3) is 28.0 Å². The molecule has 1 aliphatic carbocycles. The number of rotatable bonds is 5. The third-order valence-corrected chi connectivity index (χ3v) is 5.04. The largest absolute Gasteiger partial charge is 0.392 e. The summed E-state index contributed by atoms with van der Waals surface area (Å²) in [4.78, 5) is 16.4. The summed E-state index contributed by atoms with van der Waals surface area (Å²) < 4.78 is 1.89. The van der Waals surface area contributed by atoms with Gasteiger partial charge in [-0.3, -0.25) is 9.89 Å². The van der Waals surface area contributed by atoms with Crippen molar-refractivity contribution in [2.75, 3.05) is 5.32 Å². The number of hydrogen-bond acceptors (Lipinski definition) is 4. The van der Waals surface area contributed by atoms with E-state index in [0.717, 1.165) is 46.4 Å². The number of carbonyl (C=O) groups is 1. The number of benzene rings is 1. The lowest BCUT2D eigenvalue weighted by molar-refractivity contribution is -0.117. The Morgan fingerprint density at radius 1 is 1.18 bits per heavy atom. The Hall–Kier alpha value is -3.45. The third-order valence-electron chi connectivity index (χ3n) is 5.04. The van der Waals surface area contributed by atoms with Crippen molar-refractivity contribution in [2.24, 2.45) is 5.92 Å². The number of aromatic amines is 1. The number of fused-ring (bicyclic) bond motifs is 1. The maximum absolute atomic E-state index is 12.0. The molecule has 1 amide bonds. The van der Waals surface area contributed by atoms with Gasteiger partial charge in [0.25, 0.3) is 0 Å². The molecule has 1 aromatic carbocycles. The van der Waals surface area contributed by atoms with Gasteiger partial charge in [0.05, 0.1) is 18.5 Å². The molecular weight excluding hydrogens is 354 g/mol. The average Bonchev–Trinajstić information content (AvgIpc) is 3.27. The van der Waals surface area contributed by atoms with Crippen LogP contribution in [0.15, 0.2) is 55.0 Å². The fourth-order valence-electron chi connectivity index (χ4n) is 3.35. The predicted octanol–water partition coefficient (Wildman–Crippen LogP) is 3.23. The van der Waals surface area contributed by atoms with Gasteiger partial charge in [-0.1, -0.05) is 12.1 Å². The van der Waals surface area contributed by atoms with Crippen molar-refractivity contribution in [3.05, 3.63) is 60.6 Å². The maximum Gasteiger partial charge on any atom is 0.228 e. The topological polar surface area (TPSA) is 95.3 Å². The van der Waals surface area contributed by atoms with Crippen LogP contribution in [0.1, 0.15) is 18.4 Å². The normalized spacial score (nSPS) is 13.8. The number of H-pyrrole nitrogens is 1. The molecule has 5 rings (SSSR count). The number of aromatic nitrogens is 4. The van der Waals surface area contributed by atoms with E-state index < -0.39 is 0 Å². The molecule has 3 aromatic heterocycles. The smallest absolute Gasteiger partial charge is 0.228 e. The zero-order valence-corrected chi connectivity index (χ0v) is 15.1. The van der Waals surface area contributed by atoms with Crippen molar-refractivity contribution in [1.29, 1.82) is 0 Å². The van der Waals surface area contributed by atoms with Gasteiger partial charge in [-0.25, -0.2) is 4.98 Å². The van der Waals surface area contributed by atoms with Gasteiger partial charge in [-0.2, -0.15) is 5.10 Å². The summed E-state index contributed by atoms with van der Waals surface area (Å²) in [6.45, 7) is -0.0547. The van der Waals surface area contributed by atoms with E-state index in [4.69, 9.17) is 0 Å². The molecule has 3 N–H and O–H groups in total. The van der Waals surface area contributed by atoms with E-state index in [2.05, 4.69) is 20.5 Å². The summed E-state index contributed by atoms with van der Waals surface area (Å²) in [6, 6.07) is 11.7. The molecule has 0 aliphatic heterocycles. The predicted molar refractivity (Wildman–Crippen MR) is 105 cm³/mol. The van der Waals surface area contributed by atoms with Crippen LogP contribution < -0.4 is 5.32 Å². The molecule has 7 heteroatoms. The van der Waals surface area contributed by atoms with Gasteiger partial charge in [0.2, 0.25) is 5.91 Å². The fraction of sp³-hybridized carbons (Fsp3) is 0.190. The minimum Gasteiger partial charge on any atom is -0.392 e. The van der Waals surface area contributed by atoms with Crippen LogP contribution in [0, 0.1) is 5.92 Å². The molecule has 28 heavy (non-hydrogen) atoms. The number of aliphatic hydroxyl groups excluding tert-OH is 1. The number of imidazole rings is 1. The highest BCUT2D eigenvalue weighted by Gasteiger charge is 2.30. The third kappa shape index (κ3) is 3.05. The molecule has 0 unspecified atom stereocenters. The molecule has 0 bridgehead atoms. The van der Waals surface area contributed by atoms with Gasteiger partial charge in [-0.15, -0.1) is 0 Å². The average molecular weight is 373 g/mol. The number of nitrogens with zero attached hydrogens (tertiary/aromatic N) is 3. The first kappa shape index (κ1) is 16.7. The zero-order valence-electron chi connectivity index (χ0n) is 15.1. The monoisotopic (exact) mass is 373 g/mol. The standard InChI is InChI=1S/C21H19N5O2/c27-12-16-4-3-14(18-7-8-22-25-18)9-17(16)15-5-6-20-23-19(11-26(20)10-15)24-21(28)13-1-2-13/h3-11,13,27H,1-2,12H2,(H,22,25)(H,24,28).